The predicted molar refractivity (Wildman–Crippen MR) is 76.0 cm³/mol. The molecule has 5 heteroatoms. The Morgan fingerprint density at radius 2 is 2.10 bits per heavy atom. The van der Waals surface area contributed by atoms with Gasteiger partial charge in [0, 0.05) is 5.69 Å². The predicted octanol–water partition coefficient (Wildman–Crippen LogP) is 3.22. The molecule has 0 bridgehead atoms. The SMILES string of the molecule is CC(C)c1cc(C(=O)O)c2cnn(C(C)C3CC3)c2n1. The van der Waals surface area contributed by atoms with Gasteiger partial charge in [0.15, 0.2) is 5.65 Å². The van der Waals surface area contributed by atoms with Crippen molar-refractivity contribution in [2.45, 2.75) is 45.6 Å². The number of carboxylic acids is 1. The third kappa shape index (κ3) is 2.07. The molecule has 2 heterocycles. The molecule has 0 saturated heterocycles. The first-order valence-corrected chi connectivity index (χ1v) is 7.10. The van der Waals surface area contributed by atoms with E-state index in [-0.39, 0.29) is 12.0 Å². The van der Waals surface area contributed by atoms with Gasteiger partial charge in [0.05, 0.1) is 23.2 Å². The van der Waals surface area contributed by atoms with Crippen molar-refractivity contribution in [1.82, 2.24) is 14.8 Å². The van der Waals surface area contributed by atoms with Gasteiger partial charge in [-0.05, 0) is 37.7 Å². The summed E-state index contributed by atoms with van der Waals surface area (Å²) in [5.74, 6) is -0.0779. The van der Waals surface area contributed by atoms with E-state index in [0.29, 0.717) is 22.5 Å². The molecule has 1 aliphatic carbocycles. The van der Waals surface area contributed by atoms with Crippen LogP contribution < -0.4 is 0 Å². The molecule has 1 aliphatic rings. The van der Waals surface area contributed by atoms with Crippen molar-refractivity contribution in [3.63, 3.8) is 0 Å². The number of fused-ring (bicyclic) bond motifs is 1. The largest absolute Gasteiger partial charge is 0.478 e. The zero-order valence-corrected chi connectivity index (χ0v) is 12.0. The fraction of sp³-hybridized carbons (Fsp3) is 0.533. The summed E-state index contributed by atoms with van der Waals surface area (Å²) >= 11 is 0. The van der Waals surface area contributed by atoms with Gasteiger partial charge in [-0.25, -0.2) is 14.5 Å². The minimum atomic E-state index is -0.919. The Bertz CT molecular complexity index is 671. The van der Waals surface area contributed by atoms with E-state index in [9.17, 15) is 9.90 Å². The highest BCUT2D eigenvalue weighted by molar-refractivity contribution is 6.01. The Balaban J connectivity index is 2.21. The molecule has 1 unspecified atom stereocenters. The second kappa shape index (κ2) is 4.58. The van der Waals surface area contributed by atoms with E-state index in [2.05, 4.69) is 17.0 Å². The molecule has 0 amide bonds. The quantitative estimate of drug-likeness (QED) is 0.928. The summed E-state index contributed by atoms with van der Waals surface area (Å²) < 4.78 is 1.89. The van der Waals surface area contributed by atoms with Gasteiger partial charge in [-0.2, -0.15) is 5.10 Å². The van der Waals surface area contributed by atoms with Gasteiger partial charge in [0.1, 0.15) is 0 Å². The average molecular weight is 273 g/mol. The number of nitrogens with zero attached hydrogens (tertiary/aromatic N) is 3. The molecule has 20 heavy (non-hydrogen) atoms. The van der Waals surface area contributed by atoms with Crippen LogP contribution in [-0.4, -0.2) is 25.8 Å². The number of aromatic nitrogens is 3. The lowest BCUT2D eigenvalue weighted by molar-refractivity contribution is 0.0699. The van der Waals surface area contributed by atoms with Crippen molar-refractivity contribution >= 4 is 17.0 Å². The van der Waals surface area contributed by atoms with Crippen LogP contribution in [0.15, 0.2) is 12.3 Å². The molecule has 1 atom stereocenters. The molecule has 1 fully saturated rings. The maximum atomic E-state index is 11.5. The number of aromatic carboxylic acids is 1. The first-order valence-electron chi connectivity index (χ1n) is 7.10. The summed E-state index contributed by atoms with van der Waals surface area (Å²) in [6.07, 6.45) is 4.07. The minimum Gasteiger partial charge on any atom is -0.478 e. The summed E-state index contributed by atoms with van der Waals surface area (Å²) in [6, 6.07) is 1.95. The number of hydrogen-bond acceptors (Lipinski definition) is 3. The zero-order valence-electron chi connectivity index (χ0n) is 12.0. The van der Waals surface area contributed by atoms with Gasteiger partial charge in [0.2, 0.25) is 0 Å². The van der Waals surface area contributed by atoms with Gasteiger partial charge in [-0.1, -0.05) is 13.8 Å². The van der Waals surface area contributed by atoms with E-state index in [0.717, 1.165) is 5.69 Å². The van der Waals surface area contributed by atoms with E-state index in [1.807, 2.05) is 18.5 Å². The van der Waals surface area contributed by atoms with Crippen molar-refractivity contribution in [1.29, 1.82) is 0 Å². The number of rotatable bonds is 4. The molecule has 1 N–H and O–H groups in total. The summed E-state index contributed by atoms with van der Waals surface area (Å²) in [5, 5.41) is 14.4. The van der Waals surface area contributed by atoms with E-state index in [1.165, 1.54) is 12.8 Å². The van der Waals surface area contributed by atoms with E-state index in [1.54, 1.807) is 12.3 Å². The number of carboxylic acid groups (broad SMARTS) is 1. The lowest BCUT2D eigenvalue weighted by Gasteiger charge is -2.13. The molecular formula is C15H19N3O2. The van der Waals surface area contributed by atoms with Crippen molar-refractivity contribution in [2.24, 2.45) is 5.92 Å². The topological polar surface area (TPSA) is 68.0 Å². The Labute approximate surface area is 117 Å². The Kier molecular flexibility index (Phi) is 3.00. The van der Waals surface area contributed by atoms with Crippen molar-refractivity contribution < 1.29 is 9.90 Å². The highest BCUT2D eigenvalue weighted by Gasteiger charge is 2.31. The maximum Gasteiger partial charge on any atom is 0.336 e. The summed E-state index contributed by atoms with van der Waals surface area (Å²) in [4.78, 5) is 16.1. The third-order valence-electron chi connectivity index (χ3n) is 4.10. The summed E-state index contributed by atoms with van der Waals surface area (Å²) in [6.45, 7) is 6.17. The van der Waals surface area contributed by atoms with Crippen molar-refractivity contribution in [3.05, 3.63) is 23.5 Å². The first kappa shape index (κ1) is 13.1. The molecule has 0 spiro atoms. The van der Waals surface area contributed by atoms with Crippen LogP contribution >= 0.6 is 0 Å². The van der Waals surface area contributed by atoms with Gasteiger partial charge in [0.25, 0.3) is 0 Å². The Morgan fingerprint density at radius 3 is 2.65 bits per heavy atom. The van der Waals surface area contributed by atoms with Crippen LogP contribution in [0.2, 0.25) is 0 Å². The summed E-state index contributed by atoms with van der Waals surface area (Å²) in [5.41, 5.74) is 1.81. The van der Waals surface area contributed by atoms with Gasteiger partial charge in [-0.15, -0.1) is 0 Å². The lowest BCUT2D eigenvalue weighted by Crippen LogP contribution is -2.11. The third-order valence-corrected chi connectivity index (χ3v) is 4.10. The van der Waals surface area contributed by atoms with Gasteiger partial charge < -0.3 is 5.11 Å². The van der Waals surface area contributed by atoms with Crippen LogP contribution in [-0.2, 0) is 0 Å². The van der Waals surface area contributed by atoms with Crippen LogP contribution in [0.4, 0.5) is 0 Å². The molecule has 1 saturated carbocycles. The van der Waals surface area contributed by atoms with Crippen LogP contribution in [0.3, 0.4) is 0 Å². The highest BCUT2D eigenvalue weighted by atomic mass is 16.4. The smallest absolute Gasteiger partial charge is 0.336 e. The number of carbonyl (C=O) groups is 1. The van der Waals surface area contributed by atoms with Gasteiger partial charge in [-0.3, -0.25) is 0 Å². The molecule has 106 valence electrons. The molecule has 2 aromatic rings. The fourth-order valence-electron chi connectivity index (χ4n) is 2.59. The van der Waals surface area contributed by atoms with Crippen molar-refractivity contribution in [2.75, 3.05) is 0 Å². The second-order valence-corrected chi connectivity index (χ2v) is 5.96. The molecule has 2 aromatic heterocycles. The van der Waals surface area contributed by atoms with Crippen LogP contribution in [0, 0.1) is 5.92 Å². The highest BCUT2D eigenvalue weighted by Crippen LogP contribution is 2.40. The number of hydrogen-bond donors (Lipinski definition) is 1. The average Bonchev–Trinajstić information content (AvgIpc) is 3.16. The molecule has 3 rings (SSSR count). The molecule has 0 radical (unpaired) electrons. The Morgan fingerprint density at radius 1 is 1.40 bits per heavy atom. The second-order valence-electron chi connectivity index (χ2n) is 5.96. The standard InChI is InChI=1S/C15H19N3O2/c1-8(2)13-6-11(15(19)20)12-7-16-18(14(12)17-13)9(3)10-4-5-10/h6-10H,4-5H2,1-3H3,(H,19,20). The van der Waals surface area contributed by atoms with Gasteiger partial charge >= 0.3 is 5.97 Å². The van der Waals surface area contributed by atoms with Crippen LogP contribution in [0.5, 0.6) is 0 Å². The lowest BCUT2D eigenvalue weighted by atomic mass is 10.1. The minimum absolute atomic E-state index is 0.192. The fourth-order valence-corrected chi connectivity index (χ4v) is 2.59. The monoisotopic (exact) mass is 273 g/mol. The van der Waals surface area contributed by atoms with Crippen LogP contribution in [0.25, 0.3) is 11.0 Å². The van der Waals surface area contributed by atoms with Crippen molar-refractivity contribution in [3.8, 4) is 0 Å². The molecule has 5 nitrogen and oxygen atoms in total. The number of pyridine rings is 1. The maximum absolute atomic E-state index is 11.5. The molecule has 0 aromatic carbocycles. The Hall–Kier alpha value is -1.91. The molecule has 0 aliphatic heterocycles. The zero-order chi connectivity index (χ0) is 14.4. The van der Waals surface area contributed by atoms with Crippen LogP contribution in [0.1, 0.15) is 61.6 Å². The van der Waals surface area contributed by atoms with E-state index < -0.39 is 5.97 Å². The first-order chi connectivity index (χ1) is 9.49. The normalized spacial score (nSPS) is 16.8. The summed E-state index contributed by atoms with van der Waals surface area (Å²) in [7, 11) is 0. The van der Waals surface area contributed by atoms with E-state index >= 15 is 0 Å². The van der Waals surface area contributed by atoms with E-state index in [4.69, 9.17) is 0 Å². The molecular weight excluding hydrogens is 254 g/mol.